The number of hydrogen-bond acceptors (Lipinski definition) is 4. The fraction of sp³-hybridized carbons (Fsp3) is 0.150. The largest absolute Gasteiger partial charge is 0.548 e. The van der Waals surface area contributed by atoms with Crippen molar-refractivity contribution in [2.24, 2.45) is 0 Å². The predicted molar refractivity (Wildman–Crippen MR) is 105 cm³/mol. The van der Waals surface area contributed by atoms with Crippen LogP contribution < -0.4 is 10.7 Å². The smallest absolute Gasteiger partial charge is 0.399 e. The van der Waals surface area contributed by atoms with Crippen molar-refractivity contribution in [3.05, 3.63) is 79.9 Å². The van der Waals surface area contributed by atoms with Crippen molar-refractivity contribution < 1.29 is 27.5 Å². The predicted octanol–water partition coefficient (Wildman–Crippen LogP) is 3.95. The van der Waals surface area contributed by atoms with E-state index in [0.717, 1.165) is 18.2 Å². The van der Waals surface area contributed by atoms with Crippen LogP contribution in [0.25, 0.3) is 16.8 Å². The number of alkyl halides is 3. The van der Waals surface area contributed by atoms with Crippen LogP contribution in [-0.4, -0.2) is 21.9 Å². The van der Waals surface area contributed by atoms with Gasteiger partial charge in [0.1, 0.15) is 0 Å². The molecule has 1 aromatic heterocycles. The van der Waals surface area contributed by atoms with E-state index in [1.54, 1.807) is 0 Å². The number of nitrogens with zero attached hydrogens (tertiary/aromatic N) is 2. The maximum absolute atomic E-state index is 13.6. The van der Waals surface area contributed by atoms with Crippen molar-refractivity contribution >= 4 is 46.0 Å². The number of fused-ring (bicyclic) bond motifs is 1. The van der Waals surface area contributed by atoms with Crippen molar-refractivity contribution in [3.63, 3.8) is 0 Å². The molecule has 3 rings (SSSR count). The third kappa shape index (κ3) is 5.05. The van der Waals surface area contributed by atoms with Gasteiger partial charge < -0.3 is 9.90 Å². The highest BCUT2D eigenvalue weighted by atomic mass is 35.5. The minimum Gasteiger partial charge on any atom is -0.548 e. The summed E-state index contributed by atoms with van der Waals surface area (Å²) in [4.78, 5) is 22.9. The number of carbonyl (C=O) groups is 1. The summed E-state index contributed by atoms with van der Waals surface area (Å²) >= 11 is 11.2. The average Bonchev–Trinajstić information content (AvgIpc) is 2.67. The van der Waals surface area contributed by atoms with Gasteiger partial charge in [0.25, 0.3) is 5.56 Å². The SMILES string of the molecule is O=C([O-])Cn1ncc2cc(C=CC(c3cc(Cl)c(F)c(Cl)c3)C(F)(F)F)ccc2c1=O. The van der Waals surface area contributed by atoms with Crippen LogP contribution in [0.4, 0.5) is 17.6 Å². The molecule has 2 aromatic carbocycles. The maximum Gasteiger partial charge on any atom is 0.399 e. The van der Waals surface area contributed by atoms with Gasteiger partial charge >= 0.3 is 6.18 Å². The zero-order chi connectivity index (χ0) is 22.9. The van der Waals surface area contributed by atoms with E-state index in [1.165, 1.54) is 30.5 Å². The molecule has 31 heavy (non-hydrogen) atoms. The third-order valence-corrected chi connectivity index (χ3v) is 4.90. The van der Waals surface area contributed by atoms with Gasteiger partial charge in [-0.1, -0.05) is 41.4 Å². The van der Waals surface area contributed by atoms with Crippen LogP contribution in [0.2, 0.25) is 10.0 Å². The molecule has 0 aliphatic rings. The lowest BCUT2D eigenvalue weighted by Gasteiger charge is -2.18. The summed E-state index contributed by atoms with van der Waals surface area (Å²) in [7, 11) is 0. The number of halogens is 6. The molecule has 1 atom stereocenters. The topological polar surface area (TPSA) is 75.0 Å². The standard InChI is InChI=1S/C20H12Cl2F4N2O3/c21-15-6-11(7-16(22)18(15)23)14(20(24,25)26)4-2-10-1-3-13-12(5-10)8-27-28(19(13)31)9-17(29)30/h1-8,14H,9H2,(H,29,30)/p-1. The highest BCUT2D eigenvalue weighted by molar-refractivity contribution is 6.35. The fourth-order valence-corrected chi connectivity index (χ4v) is 3.42. The molecule has 0 saturated carbocycles. The first kappa shape index (κ1) is 22.8. The molecule has 5 nitrogen and oxygen atoms in total. The number of carboxylic acids is 1. The second-order valence-corrected chi connectivity index (χ2v) is 7.32. The van der Waals surface area contributed by atoms with Gasteiger partial charge in [-0.25, -0.2) is 9.07 Å². The van der Waals surface area contributed by atoms with Crippen LogP contribution in [0.3, 0.4) is 0 Å². The van der Waals surface area contributed by atoms with E-state index in [0.29, 0.717) is 15.6 Å². The maximum atomic E-state index is 13.6. The first-order valence-electron chi connectivity index (χ1n) is 8.56. The van der Waals surface area contributed by atoms with E-state index in [9.17, 15) is 32.3 Å². The number of aromatic nitrogens is 2. The molecule has 0 aliphatic heterocycles. The minimum atomic E-state index is -4.71. The number of benzene rings is 2. The Labute approximate surface area is 182 Å². The van der Waals surface area contributed by atoms with E-state index in [2.05, 4.69) is 5.10 Å². The molecule has 0 fully saturated rings. The van der Waals surface area contributed by atoms with Crippen LogP contribution in [-0.2, 0) is 11.3 Å². The van der Waals surface area contributed by atoms with Crippen molar-refractivity contribution in [2.45, 2.75) is 18.6 Å². The van der Waals surface area contributed by atoms with E-state index in [4.69, 9.17) is 23.2 Å². The Kier molecular flexibility index (Phi) is 6.38. The monoisotopic (exact) mass is 473 g/mol. The molecule has 0 saturated heterocycles. The zero-order valence-electron chi connectivity index (χ0n) is 15.3. The number of rotatable bonds is 5. The van der Waals surface area contributed by atoms with Gasteiger partial charge in [0, 0.05) is 5.39 Å². The lowest BCUT2D eigenvalue weighted by atomic mass is 9.96. The molecule has 1 unspecified atom stereocenters. The molecule has 0 bridgehead atoms. The van der Waals surface area contributed by atoms with Crippen molar-refractivity contribution in [1.29, 1.82) is 0 Å². The Bertz CT molecular complexity index is 1230. The van der Waals surface area contributed by atoms with E-state index in [-0.39, 0.29) is 10.9 Å². The van der Waals surface area contributed by atoms with Gasteiger partial charge in [-0.3, -0.25) is 4.79 Å². The lowest BCUT2D eigenvalue weighted by Crippen LogP contribution is -2.34. The first-order chi connectivity index (χ1) is 14.5. The van der Waals surface area contributed by atoms with E-state index in [1.807, 2.05) is 0 Å². The van der Waals surface area contributed by atoms with Gasteiger partial charge in [0.2, 0.25) is 0 Å². The Morgan fingerprint density at radius 1 is 1.19 bits per heavy atom. The summed E-state index contributed by atoms with van der Waals surface area (Å²) in [6.07, 6.45) is -1.46. The molecule has 0 amide bonds. The molecular formula is C20H11Cl2F4N2O3-. The Balaban J connectivity index is 1.99. The molecule has 0 spiro atoms. The van der Waals surface area contributed by atoms with Crippen molar-refractivity contribution in [1.82, 2.24) is 9.78 Å². The molecule has 0 aliphatic carbocycles. The normalized spacial score (nSPS) is 13.1. The average molecular weight is 474 g/mol. The Morgan fingerprint density at radius 2 is 1.84 bits per heavy atom. The summed E-state index contributed by atoms with van der Waals surface area (Å²) in [5.41, 5.74) is -0.700. The van der Waals surface area contributed by atoms with Crippen LogP contribution in [0, 0.1) is 5.82 Å². The Hall–Kier alpha value is -2.91. The van der Waals surface area contributed by atoms with Crippen LogP contribution >= 0.6 is 23.2 Å². The molecule has 1 heterocycles. The van der Waals surface area contributed by atoms with Gasteiger partial charge in [0.15, 0.2) is 5.82 Å². The van der Waals surface area contributed by atoms with Crippen molar-refractivity contribution in [3.8, 4) is 0 Å². The van der Waals surface area contributed by atoms with Crippen LogP contribution in [0.5, 0.6) is 0 Å². The quantitative estimate of drug-likeness (QED) is 0.415. The summed E-state index contributed by atoms with van der Waals surface area (Å²) in [6.45, 7) is -0.730. The molecule has 0 radical (unpaired) electrons. The summed E-state index contributed by atoms with van der Waals surface area (Å²) < 4.78 is 55.0. The van der Waals surface area contributed by atoms with Gasteiger partial charge in [0.05, 0.1) is 40.1 Å². The number of aliphatic carboxylic acids is 1. The van der Waals surface area contributed by atoms with E-state index >= 15 is 0 Å². The summed E-state index contributed by atoms with van der Waals surface area (Å²) in [6, 6.07) is 5.87. The number of carbonyl (C=O) groups excluding carboxylic acids is 1. The van der Waals surface area contributed by atoms with Crippen LogP contribution in [0.15, 0.2) is 47.4 Å². The fourth-order valence-electron chi connectivity index (χ4n) is 2.92. The third-order valence-electron chi connectivity index (χ3n) is 4.35. The van der Waals surface area contributed by atoms with Gasteiger partial charge in [-0.05, 0) is 35.4 Å². The first-order valence-corrected chi connectivity index (χ1v) is 9.32. The molecule has 162 valence electrons. The van der Waals surface area contributed by atoms with Gasteiger partial charge in [-0.15, -0.1) is 0 Å². The highest BCUT2D eigenvalue weighted by Crippen LogP contribution is 2.39. The second kappa shape index (κ2) is 8.68. The van der Waals surface area contributed by atoms with Crippen LogP contribution in [0.1, 0.15) is 17.0 Å². The zero-order valence-corrected chi connectivity index (χ0v) is 16.8. The van der Waals surface area contributed by atoms with Gasteiger partial charge in [-0.2, -0.15) is 18.3 Å². The Morgan fingerprint density at radius 3 is 2.42 bits per heavy atom. The summed E-state index contributed by atoms with van der Waals surface area (Å²) in [5, 5.41) is 13.8. The van der Waals surface area contributed by atoms with E-state index < -0.39 is 46.0 Å². The van der Waals surface area contributed by atoms with Crippen molar-refractivity contribution in [2.75, 3.05) is 0 Å². The minimum absolute atomic E-state index is 0.137. The second-order valence-electron chi connectivity index (χ2n) is 6.50. The highest BCUT2D eigenvalue weighted by Gasteiger charge is 2.39. The lowest BCUT2D eigenvalue weighted by molar-refractivity contribution is -0.306. The molecular weight excluding hydrogens is 463 g/mol. The summed E-state index contributed by atoms with van der Waals surface area (Å²) in [5.74, 6) is -4.62. The number of carboxylic acid groups (broad SMARTS) is 1. The number of hydrogen-bond donors (Lipinski definition) is 0. The molecule has 0 N–H and O–H groups in total. The molecule has 3 aromatic rings. The number of allylic oxidation sites excluding steroid dienone is 1. The molecule has 11 heteroatoms.